The summed E-state index contributed by atoms with van der Waals surface area (Å²) in [6.07, 6.45) is 0. The lowest BCUT2D eigenvalue weighted by molar-refractivity contribution is 1.27. The Kier molecular flexibility index (Phi) is 8.35. The molecule has 2 nitrogen and oxygen atoms in total. The van der Waals surface area contributed by atoms with Gasteiger partial charge in [-0.25, -0.2) is 0 Å². The fourth-order valence-corrected chi connectivity index (χ4v) is 16.0. The van der Waals surface area contributed by atoms with Crippen LogP contribution in [0, 0.1) is 27.7 Å². The van der Waals surface area contributed by atoms with E-state index in [0.717, 1.165) is 0 Å². The summed E-state index contributed by atoms with van der Waals surface area (Å²) in [6.45, 7) is 18.9. The number of fused-ring (bicyclic) bond motifs is 6. The molecule has 8 aromatic carbocycles. The first-order valence-electron chi connectivity index (χ1n) is 20.7. The third kappa shape index (κ3) is 5.65. The van der Waals surface area contributed by atoms with Crippen LogP contribution < -0.4 is 30.5 Å². The van der Waals surface area contributed by atoms with Crippen LogP contribution in [0.2, 0.25) is 26.2 Å². The lowest BCUT2D eigenvalue weighted by Gasteiger charge is -2.36. The third-order valence-corrected chi connectivity index (χ3v) is 20.1. The molecule has 2 aliphatic rings. The molecule has 0 spiro atoms. The van der Waals surface area contributed by atoms with Gasteiger partial charge in [-0.2, -0.15) is 0 Å². The minimum atomic E-state index is -2.15. The number of anilines is 6. The zero-order chi connectivity index (χ0) is 40.1. The first-order valence-corrected chi connectivity index (χ1v) is 26.7. The molecule has 0 N–H and O–H groups in total. The van der Waals surface area contributed by atoms with E-state index >= 15 is 0 Å². The van der Waals surface area contributed by atoms with Gasteiger partial charge < -0.3 is 9.80 Å². The van der Waals surface area contributed by atoms with Gasteiger partial charge in [0.25, 0.3) is 0 Å². The Morgan fingerprint density at radius 3 is 1.16 bits per heavy atom. The summed E-state index contributed by atoms with van der Waals surface area (Å²) in [4.78, 5) is 4.87. The molecule has 0 fully saturated rings. The lowest BCUT2D eigenvalue weighted by atomic mass is 9.91. The molecule has 0 bridgehead atoms. The van der Waals surface area contributed by atoms with Crippen molar-refractivity contribution < 1.29 is 0 Å². The standard InChI is InChI=1S/C54H50N2Si2/c1-35-12-20-39(21-13-35)55(40-22-14-36(2)15-23-40)43-28-30-45-48-34-52-53(47-10-9-11-49(54(47)48)57(5,6)50(45)32-43)46-31-29-44(33-51(46)58(52,7)8)56(41-24-16-37(3)17-25-41)42-26-18-38(4)19-27-42/h9-34H,1-8H3. The van der Waals surface area contributed by atoms with Crippen molar-refractivity contribution in [2.75, 3.05) is 9.80 Å². The van der Waals surface area contributed by atoms with Gasteiger partial charge in [0, 0.05) is 34.1 Å². The van der Waals surface area contributed by atoms with Crippen molar-refractivity contribution in [1.82, 2.24) is 0 Å². The summed E-state index contributed by atoms with van der Waals surface area (Å²) >= 11 is 0. The lowest BCUT2D eigenvalue weighted by Crippen LogP contribution is -2.56. The van der Waals surface area contributed by atoms with Gasteiger partial charge in [0.2, 0.25) is 0 Å². The Bertz CT molecular complexity index is 2810. The summed E-state index contributed by atoms with van der Waals surface area (Å²) in [7, 11) is -4.29. The summed E-state index contributed by atoms with van der Waals surface area (Å²) < 4.78 is 0. The van der Waals surface area contributed by atoms with Crippen LogP contribution in [0.1, 0.15) is 22.3 Å². The molecule has 0 aromatic heterocycles. The van der Waals surface area contributed by atoms with Crippen molar-refractivity contribution in [3.05, 3.63) is 180 Å². The molecule has 10 rings (SSSR count). The fourth-order valence-electron chi connectivity index (χ4n) is 9.79. The van der Waals surface area contributed by atoms with Gasteiger partial charge in [-0.3, -0.25) is 0 Å². The van der Waals surface area contributed by atoms with Crippen LogP contribution in [0.4, 0.5) is 34.1 Å². The van der Waals surface area contributed by atoms with Crippen molar-refractivity contribution in [1.29, 1.82) is 0 Å². The average molecular weight is 783 g/mol. The van der Waals surface area contributed by atoms with Crippen LogP contribution in [0.25, 0.3) is 33.0 Å². The summed E-state index contributed by atoms with van der Waals surface area (Å²) in [5.41, 5.74) is 17.9. The maximum atomic E-state index is 2.63. The van der Waals surface area contributed by atoms with Crippen molar-refractivity contribution >= 4 is 81.8 Å². The number of nitrogens with zero attached hydrogens (tertiary/aromatic N) is 2. The van der Waals surface area contributed by atoms with Gasteiger partial charge in [-0.15, -0.1) is 0 Å². The molecule has 0 aliphatic carbocycles. The molecule has 8 aromatic rings. The molecule has 58 heavy (non-hydrogen) atoms. The van der Waals surface area contributed by atoms with E-state index in [9.17, 15) is 0 Å². The van der Waals surface area contributed by atoms with Crippen LogP contribution in [-0.4, -0.2) is 16.1 Å². The van der Waals surface area contributed by atoms with Gasteiger partial charge in [0.15, 0.2) is 0 Å². The molecule has 0 radical (unpaired) electrons. The molecule has 0 saturated heterocycles. The summed E-state index contributed by atoms with van der Waals surface area (Å²) in [5, 5.41) is 9.01. The summed E-state index contributed by atoms with van der Waals surface area (Å²) in [5.74, 6) is 0. The molecular formula is C54H50N2Si2. The normalized spacial score (nSPS) is 14.1. The van der Waals surface area contributed by atoms with Gasteiger partial charge in [0.05, 0.1) is 0 Å². The van der Waals surface area contributed by atoms with Gasteiger partial charge >= 0.3 is 0 Å². The van der Waals surface area contributed by atoms with Crippen LogP contribution in [0.5, 0.6) is 0 Å². The van der Waals surface area contributed by atoms with E-state index in [0.29, 0.717) is 0 Å². The zero-order valence-corrected chi connectivity index (χ0v) is 36.9. The largest absolute Gasteiger partial charge is 0.311 e. The van der Waals surface area contributed by atoms with Crippen LogP contribution >= 0.6 is 0 Å². The highest BCUT2D eigenvalue weighted by Gasteiger charge is 2.43. The zero-order valence-electron chi connectivity index (χ0n) is 34.9. The monoisotopic (exact) mass is 782 g/mol. The molecule has 0 atom stereocenters. The van der Waals surface area contributed by atoms with Crippen molar-refractivity contribution in [2.45, 2.75) is 53.9 Å². The molecule has 2 aliphatic heterocycles. The maximum Gasteiger partial charge on any atom is 0.113 e. The highest BCUT2D eigenvalue weighted by atomic mass is 28.3. The molecule has 4 heteroatoms. The summed E-state index contributed by atoms with van der Waals surface area (Å²) in [6, 6.07) is 60.3. The van der Waals surface area contributed by atoms with Crippen molar-refractivity contribution in [3.63, 3.8) is 0 Å². The number of hydrogen-bond acceptors (Lipinski definition) is 2. The third-order valence-electron chi connectivity index (χ3n) is 13.1. The topological polar surface area (TPSA) is 6.48 Å². The second-order valence-corrected chi connectivity index (χ2v) is 26.5. The van der Waals surface area contributed by atoms with E-state index in [1.54, 1.807) is 10.4 Å². The number of aryl methyl sites for hydroxylation is 4. The second kappa shape index (κ2) is 13.3. The maximum absolute atomic E-state index is 2.63. The number of hydrogen-bond donors (Lipinski definition) is 0. The second-order valence-electron chi connectivity index (χ2n) is 17.8. The van der Waals surface area contributed by atoms with Crippen LogP contribution in [0.3, 0.4) is 0 Å². The average Bonchev–Trinajstić information content (AvgIpc) is 3.45. The van der Waals surface area contributed by atoms with E-state index in [2.05, 4.69) is 221 Å². The Morgan fingerprint density at radius 1 is 0.328 bits per heavy atom. The van der Waals surface area contributed by atoms with Crippen molar-refractivity contribution in [3.8, 4) is 22.3 Å². The van der Waals surface area contributed by atoms with Gasteiger partial charge in [0.1, 0.15) is 16.1 Å². The van der Waals surface area contributed by atoms with Crippen LogP contribution in [0.15, 0.2) is 158 Å². The van der Waals surface area contributed by atoms with E-state index in [1.165, 1.54) is 99.8 Å². The smallest absolute Gasteiger partial charge is 0.113 e. The van der Waals surface area contributed by atoms with E-state index in [4.69, 9.17) is 0 Å². The molecule has 0 amide bonds. The highest BCUT2D eigenvalue weighted by molar-refractivity contribution is 7.05. The molecule has 0 unspecified atom stereocenters. The minimum absolute atomic E-state index is 1.18. The Balaban J connectivity index is 1.14. The first-order chi connectivity index (χ1) is 27.9. The van der Waals surface area contributed by atoms with E-state index in [1.807, 2.05) is 0 Å². The van der Waals surface area contributed by atoms with Crippen molar-refractivity contribution in [2.24, 2.45) is 0 Å². The Morgan fingerprint density at radius 2 is 0.707 bits per heavy atom. The van der Waals surface area contributed by atoms with Gasteiger partial charge in [-0.05, 0) is 154 Å². The van der Waals surface area contributed by atoms with Gasteiger partial charge in [-0.1, -0.05) is 133 Å². The predicted molar refractivity (Wildman–Crippen MR) is 257 cm³/mol. The Hall–Kier alpha value is -5.95. The first kappa shape index (κ1) is 36.4. The SMILES string of the molecule is Cc1ccc(N(c2ccc(C)cc2)c2ccc3c(c2)[Si](C)(C)c2cc4c5c(cccc5c2-3)[Si](C)(C)c2cc(N(c3ccc(C)cc3)c3ccc(C)cc3)ccc2-4)cc1. The molecule has 284 valence electrons. The highest BCUT2D eigenvalue weighted by Crippen LogP contribution is 2.44. The van der Waals surface area contributed by atoms with E-state index < -0.39 is 16.1 Å². The molecular weight excluding hydrogens is 733 g/mol. The molecule has 2 heterocycles. The van der Waals surface area contributed by atoms with Crippen LogP contribution in [-0.2, 0) is 0 Å². The fraction of sp³-hybridized carbons (Fsp3) is 0.148. The Labute approximate surface area is 346 Å². The minimum Gasteiger partial charge on any atom is -0.311 e. The molecule has 0 saturated carbocycles. The number of benzene rings is 8. The quantitative estimate of drug-likeness (QED) is 0.155. The predicted octanol–water partition coefficient (Wildman–Crippen LogP) is 12.6. The number of rotatable bonds is 6. The van der Waals surface area contributed by atoms with E-state index in [-0.39, 0.29) is 0 Å².